The van der Waals surface area contributed by atoms with E-state index in [2.05, 4.69) is 5.32 Å². The van der Waals surface area contributed by atoms with Gasteiger partial charge in [-0.05, 0) is 32.2 Å². The number of halogens is 1. The van der Waals surface area contributed by atoms with Crippen molar-refractivity contribution < 1.29 is 9.53 Å². The summed E-state index contributed by atoms with van der Waals surface area (Å²) >= 11 is 5.89. The van der Waals surface area contributed by atoms with Crippen molar-refractivity contribution in [3.8, 4) is 5.75 Å². The first-order valence-corrected chi connectivity index (χ1v) is 5.48. The summed E-state index contributed by atoms with van der Waals surface area (Å²) in [5.41, 5.74) is 0.821. The second-order valence-electron chi connectivity index (χ2n) is 3.61. The lowest BCUT2D eigenvalue weighted by molar-refractivity contribution is -0.119. The molecule has 4 heteroatoms. The van der Waals surface area contributed by atoms with Crippen LogP contribution in [0.25, 0.3) is 0 Å². The van der Waals surface area contributed by atoms with Crippen molar-refractivity contribution in [2.45, 2.75) is 19.4 Å². The molecule has 0 saturated carbocycles. The molecule has 1 unspecified atom stereocenters. The van der Waals surface area contributed by atoms with Crippen molar-refractivity contribution >= 4 is 17.4 Å². The summed E-state index contributed by atoms with van der Waals surface area (Å²) in [6.45, 7) is 1.83. The molecule has 16 heavy (non-hydrogen) atoms. The van der Waals surface area contributed by atoms with Crippen molar-refractivity contribution in [1.29, 1.82) is 0 Å². The molecule has 0 saturated heterocycles. The molecule has 0 aromatic heterocycles. The van der Waals surface area contributed by atoms with Crippen LogP contribution in [-0.4, -0.2) is 26.0 Å². The minimum absolute atomic E-state index is 0.114. The first kappa shape index (κ1) is 13.0. The quantitative estimate of drug-likeness (QED) is 0.858. The maximum atomic E-state index is 11.8. The normalized spacial score (nSPS) is 12.2. The molecule has 0 radical (unpaired) electrons. The smallest absolute Gasteiger partial charge is 0.153 e. The van der Waals surface area contributed by atoms with Crippen LogP contribution in [0.1, 0.15) is 12.5 Å². The fraction of sp³-hybridized carbons (Fsp3) is 0.417. The number of benzene rings is 1. The molecular weight excluding hydrogens is 226 g/mol. The standard InChI is InChI=1S/C12H16ClNO2/c1-8(14-2)11(15)7-9-6-10(13)4-5-12(9)16-3/h4-6,8,14H,7H2,1-3H3. The van der Waals surface area contributed by atoms with Gasteiger partial charge in [0.2, 0.25) is 0 Å². The van der Waals surface area contributed by atoms with Crippen LogP contribution in [0.4, 0.5) is 0 Å². The van der Waals surface area contributed by atoms with Gasteiger partial charge in [0.25, 0.3) is 0 Å². The van der Waals surface area contributed by atoms with Crippen LogP contribution in [0, 0.1) is 0 Å². The summed E-state index contributed by atoms with van der Waals surface area (Å²) in [5, 5.41) is 3.53. The van der Waals surface area contributed by atoms with E-state index in [4.69, 9.17) is 16.3 Å². The van der Waals surface area contributed by atoms with E-state index in [0.717, 1.165) is 5.56 Å². The van der Waals surface area contributed by atoms with Gasteiger partial charge in [-0.3, -0.25) is 4.79 Å². The van der Waals surface area contributed by atoms with E-state index in [1.165, 1.54) is 0 Å². The Hall–Kier alpha value is -1.06. The van der Waals surface area contributed by atoms with Crippen LogP contribution in [-0.2, 0) is 11.2 Å². The number of hydrogen-bond acceptors (Lipinski definition) is 3. The Morgan fingerprint density at radius 2 is 2.25 bits per heavy atom. The van der Waals surface area contributed by atoms with Crippen molar-refractivity contribution in [2.24, 2.45) is 0 Å². The summed E-state index contributed by atoms with van der Waals surface area (Å²) in [4.78, 5) is 11.8. The predicted molar refractivity (Wildman–Crippen MR) is 65.2 cm³/mol. The minimum atomic E-state index is -0.163. The van der Waals surface area contributed by atoms with Gasteiger partial charge in [0.1, 0.15) is 5.75 Å². The molecule has 0 aliphatic heterocycles. The number of rotatable bonds is 5. The fourth-order valence-corrected chi connectivity index (χ4v) is 1.58. The molecule has 0 spiro atoms. The van der Waals surface area contributed by atoms with Gasteiger partial charge in [-0.25, -0.2) is 0 Å². The lowest BCUT2D eigenvalue weighted by Gasteiger charge is -2.11. The van der Waals surface area contributed by atoms with Gasteiger partial charge in [-0.2, -0.15) is 0 Å². The number of methoxy groups -OCH3 is 1. The Balaban J connectivity index is 2.87. The van der Waals surface area contributed by atoms with E-state index in [0.29, 0.717) is 17.2 Å². The van der Waals surface area contributed by atoms with E-state index in [9.17, 15) is 4.79 Å². The van der Waals surface area contributed by atoms with Gasteiger partial charge < -0.3 is 10.1 Å². The van der Waals surface area contributed by atoms with Crippen LogP contribution in [0.2, 0.25) is 5.02 Å². The van der Waals surface area contributed by atoms with Crippen molar-refractivity contribution in [2.75, 3.05) is 14.2 Å². The van der Waals surface area contributed by atoms with Gasteiger partial charge in [-0.15, -0.1) is 0 Å². The van der Waals surface area contributed by atoms with E-state index >= 15 is 0 Å². The third-order valence-electron chi connectivity index (χ3n) is 2.52. The fourth-order valence-electron chi connectivity index (χ4n) is 1.39. The predicted octanol–water partition coefficient (Wildman–Crippen LogP) is 2.07. The average Bonchev–Trinajstić information content (AvgIpc) is 2.28. The SMILES string of the molecule is CNC(C)C(=O)Cc1cc(Cl)ccc1OC. The lowest BCUT2D eigenvalue weighted by Crippen LogP contribution is -2.31. The first-order chi connectivity index (χ1) is 7.58. The molecule has 0 aliphatic rings. The molecule has 0 bridgehead atoms. The van der Waals surface area contributed by atoms with Gasteiger partial charge in [0, 0.05) is 17.0 Å². The number of Topliss-reactive ketones (excluding diaryl/α,β-unsaturated/α-hetero) is 1. The van der Waals surface area contributed by atoms with Gasteiger partial charge >= 0.3 is 0 Å². The molecule has 1 N–H and O–H groups in total. The van der Waals surface area contributed by atoms with E-state index in [1.807, 2.05) is 6.92 Å². The van der Waals surface area contributed by atoms with Crippen molar-refractivity contribution in [3.63, 3.8) is 0 Å². The van der Waals surface area contributed by atoms with Crippen LogP contribution in [0.15, 0.2) is 18.2 Å². The maximum Gasteiger partial charge on any atom is 0.153 e. The zero-order valence-electron chi connectivity index (χ0n) is 9.71. The monoisotopic (exact) mass is 241 g/mol. The van der Waals surface area contributed by atoms with Crippen LogP contribution in [0.5, 0.6) is 5.75 Å². The number of hydrogen-bond donors (Lipinski definition) is 1. The third kappa shape index (κ3) is 3.22. The van der Waals surface area contributed by atoms with E-state index in [-0.39, 0.29) is 11.8 Å². The molecule has 3 nitrogen and oxygen atoms in total. The molecule has 88 valence electrons. The summed E-state index contributed by atoms with van der Waals surface area (Å²) in [6.07, 6.45) is 0.325. The zero-order chi connectivity index (χ0) is 12.1. The molecule has 1 aromatic rings. The topological polar surface area (TPSA) is 38.3 Å². The second kappa shape index (κ2) is 5.87. The van der Waals surface area contributed by atoms with Crippen LogP contribution in [0.3, 0.4) is 0 Å². The number of nitrogens with one attached hydrogen (secondary N) is 1. The van der Waals surface area contributed by atoms with Crippen LogP contribution < -0.4 is 10.1 Å². The Labute approximate surface area is 101 Å². The third-order valence-corrected chi connectivity index (χ3v) is 2.76. The van der Waals surface area contributed by atoms with Gasteiger partial charge in [0.05, 0.1) is 13.2 Å². The number of likely N-dealkylation sites (N-methyl/N-ethyl adjacent to an activating group) is 1. The Morgan fingerprint density at radius 1 is 1.56 bits per heavy atom. The van der Waals surface area contributed by atoms with E-state index < -0.39 is 0 Å². The number of ketones is 1. The molecule has 1 atom stereocenters. The Morgan fingerprint density at radius 3 is 2.81 bits per heavy atom. The first-order valence-electron chi connectivity index (χ1n) is 5.11. The Kier molecular flexibility index (Phi) is 4.77. The summed E-state index contributed by atoms with van der Waals surface area (Å²) in [7, 11) is 3.34. The largest absolute Gasteiger partial charge is 0.496 e. The average molecular weight is 242 g/mol. The molecule has 0 amide bonds. The lowest BCUT2D eigenvalue weighted by atomic mass is 10.0. The number of carbonyl (C=O) groups is 1. The highest BCUT2D eigenvalue weighted by molar-refractivity contribution is 6.30. The highest BCUT2D eigenvalue weighted by Crippen LogP contribution is 2.23. The second-order valence-corrected chi connectivity index (χ2v) is 4.05. The van der Waals surface area contributed by atoms with Gasteiger partial charge in [0.15, 0.2) is 5.78 Å². The molecule has 1 aromatic carbocycles. The number of carbonyl (C=O) groups excluding carboxylic acids is 1. The molecule has 0 aliphatic carbocycles. The summed E-state index contributed by atoms with van der Waals surface area (Å²) in [5.74, 6) is 0.809. The maximum absolute atomic E-state index is 11.8. The van der Waals surface area contributed by atoms with Gasteiger partial charge in [-0.1, -0.05) is 11.6 Å². The van der Waals surface area contributed by atoms with Crippen molar-refractivity contribution in [3.05, 3.63) is 28.8 Å². The summed E-state index contributed by atoms with van der Waals surface area (Å²) < 4.78 is 5.18. The molecule has 0 fully saturated rings. The highest BCUT2D eigenvalue weighted by atomic mass is 35.5. The molecule has 1 rings (SSSR count). The van der Waals surface area contributed by atoms with Crippen LogP contribution >= 0.6 is 11.6 Å². The summed E-state index contributed by atoms with van der Waals surface area (Å²) in [6, 6.07) is 5.12. The Bertz CT molecular complexity index is 379. The minimum Gasteiger partial charge on any atom is -0.496 e. The van der Waals surface area contributed by atoms with E-state index in [1.54, 1.807) is 32.4 Å². The zero-order valence-corrected chi connectivity index (χ0v) is 10.5. The highest BCUT2D eigenvalue weighted by Gasteiger charge is 2.14. The molecule has 0 heterocycles. The van der Waals surface area contributed by atoms with Crippen molar-refractivity contribution in [1.82, 2.24) is 5.32 Å². The number of ether oxygens (including phenoxy) is 1. The molecular formula is C12H16ClNO2.